The molecule has 0 aliphatic carbocycles. The molecule has 3 rings (SSSR count). The van der Waals surface area contributed by atoms with Crippen LogP contribution in [-0.4, -0.2) is 21.0 Å². The second-order valence-electron chi connectivity index (χ2n) is 5.72. The molecule has 0 aliphatic heterocycles. The van der Waals surface area contributed by atoms with Crippen LogP contribution in [0, 0.1) is 10.1 Å². The highest BCUT2D eigenvalue weighted by Gasteiger charge is 2.13. The molecule has 0 aliphatic rings. The van der Waals surface area contributed by atoms with Gasteiger partial charge in [-0.1, -0.05) is 18.2 Å². The largest absolute Gasteiger partial charge is 0.459 e. The van der Waals surface area contributed by atoms with E-state index in [9.17, 15) is 14.9 Å². The number of benzene rings is 2. The molecule has 2 aromatic carbocycles. The number of nitro groups is 1. The number of hydrogen-bond donors (Lipinski definition) is 3. The molecule has 1 aromatic heterocycles. The van der Waals surface area contributed by atoms with Crippen LogP contribution in [-0.2, 0) is 6.61 Å². The van der Waals surface area contributed by atoms with E-state index >= 15 is 0 Å². The molecule has 0 radical (unpaired) electrons. The quantitative estimate of drug-likeness (QED) is 0.343. The SMILES string of the molecule is O=C(NC(=S)Nc1cccc(-c2ccc(CO)o2)c1)c1cccc([N+](=O)[O-])c1. The summed E-state index contributed by atoms with van der Waals surface area (Å²) in [4.78, 5) is 22.5. The van der Waals surface area contributed by atoms with Gasteiger partial charge in [0.05, 0.1) is 4.92 Å². The number of thiocarbonyl (C=S) groups is 1. The van der Waals surface area contributed by atoms with E-state index in [1.54, 1.807) is 30.3 Å². The van der Waals surface area contributed by atoms with Crippen LogP contribution in [0.1, 0.15) is 16.1 Å². The topological polar surface area (TPSA) is 118 Å². The van der Waals surface area contributed by atoms with E-state index in [0.717, 1.165) is 5.56 Å². The summed E-state index contributed by atoms with van der Waals surface area (Å²) in [6.07, 6.45) is 0. The zero-order valence-corrected chi connectivity index (χ0v) is 15.2. The Labute approximate surface area is 165 Å². The minimum atomic E-state index is -0.574. The molecule has 0 spiro atoms. The van der Waals surface area contributed by atoms with Crippen molar-refractivity contribution in [1.29, 1.82) is 0 Å². The lowest BCUT2D eigenvalue weighted by Crippen LogP contribution is -2.34. The van der Waals surface area contributed by atoms with Crippen molar-refractivity contribution >= 4 is 34.6 Å². The van der Waals surface area contributed by atoms with Gasteiger partial charge in [0.25, 0.3) is 11.6 Å². The lowest BCUT2D eigenvalue weighted by molar-refractivity contribution is -0.384. The molecule has 1 amide bonds. The van der Waals surface area contributed by atoms with Crippen LogP contribution in [0.4, 0.5) is 11.4 Å². The Balaban J connectivity index is 1.68. The zero-order chi connectivity index (χ0) is 20.1. The molecule has 9 heteroatoms. The van der Waals surface area contributed by atoms with Gasteiger partial charge >= 0.3 is 0 Å². The van der Waals surface area contributed by atoms with Crippen molar-refractivity contribution in [2.24, 2.45) is 0 Å². The molecule has 0 saturated carbocycles. The second-order valence-corrected chi connectivity index (χ2v) is 6.13. The Kier molecular flexibility index (Phi) is 5.78. The predicted molar refractivity (Wildman–Crippen MR) is 107 cm³/mol. The highest BCUT2D eigenvalue weighted by atomic mass is 32.1. The fourth-order valence-electron chi connectivity index (χ4n) is 2.47. The first-order valence-electron chi connectivity index (χ1n) is 8.13. The number of aliphatic hydroxyl groups is 1. The average molecular weight is 397 g/mol. The first-order valence-corrected chi connectivity index (χ1v) is 8.54. The molecule has 0 atom stereocenters. The molecular formula is C19H15N3O5S. The van der Waals surface area contributed by atoms with E-state index in [2.05, 4.69) is 10.6 Å². The molecule has 0 saturated heterocycles. The number of furan rings is 1. The molecule has 3 N–H and O–H groups in total. The van der Waals surface area contributed by atoms with Crippen LogP contribution >= 0.6 is 12.2 Å². The maximum Gasteiger partial charge on any atom is 0.270 e. The number of hydrogen-bond acceptors (Lipinski definition) is 6. The minimum absolute atomic E-state index is 0.0455. The van der Waals surface area contributed by atoms with Gasteiger partial charge in [0.2, 0.25) is 0 Å². The third kappa shape index (κ3) is 4.58. The molecule has 0 unspecified atom stereocenters. The molecular weight excluding hydrogens is 382 g/mol. The van der Waals surface area contributed by atoms with Gasteiger partial charge in [0.15, 0.2) is 5.11 Å². The lowest BCUT2D eigenvalue weighted by atomic mass is 10.1. The summed E-state index contributed by atoms with van der Waals surface area (Å²) in [5, 5.41) is 25.3. The summed E-state index contributed by atoms with van der Waals surface area (Å²) in [7, 11) is 0. The number of carbonyl (C=O) groups is 1. The van der Waals surface area contributed by atoms with Gasteiger partial charge < -0.3 is 14.8 Å². The van der Waals surface area contributed by atoms with Crippen molar-refractivity contribution in [2.75, 3.05) is 5.32 Å². The molecule has 28 heavy (non-hydrogen) atoms. The van der Waals surface area contributed by atoms with E-state index in [1.807, 2.05) is 6.07 Å². The predicted octanol–water partition coefficient (Wildman–Crippen LogP) is 3.47. The maximum absolute atomic E-state index is 12.2. The Bertz CT molecular complexity index is 1050. The van der Waals surface area contributed by atoms with E-state index in [1.165, 1.54) is 24.3 Å². The monoisotopic (exact) mass is 397 g/mol. The third-order valence-corrected chi connectivity index (χ3v) is 3.97. The molecule has 3 aromatic rings. The van der Waals surface area contributed by atoms with Crippen molar-refractivity contribution in [1.82, 2.24) is 5.32 Å². The fourth-order valence-corrected chi connectivity index (χ4v) is 2.68. The third-order valence-electron chi connectivity index (χ3n) is 3.77. The summed E-state index contributed by atoms with van der Waals surface area (Å²) >= 11 is 5.15. The Hall–Kier alpha value is -3.56. The van der Waals surface area contributed by atoms with Gasteiger partial charge in [-0.25, -0.2) is 0 Å². The van der Waals surface area contributed by atoms with E-state index in [0.29, 0.717) is 17.2 Å². The van der Waals surface area contributed by atoms with Gasteiger partial charge in [0.1, 0.15) is 18.1 Å². The van der Waals surface area contributed by atoms with Crippen molar-refractivity contribution in [3.63, 3.8) is 0 Å². The number of nitro benzene ring substituents is 1. The molecule has 1 heterocycles. The number of aliphatic hydroxyl groups excluding tert-OH is 1. The van der Waals surface area contributed by atoms with Crippen molar-refractivity contribution < 1.29 is 19.2 Å². The van der Waals surface area contributed by atoms with Crippen LogP contribution in [0.15, 0.2) is 65.1 Å². The number of nitrogens with zero attached hydrogens (tertiary/aromatic N) is 1. The standard InChI is InChI=1S/C19H15N3O5S/c23-11-16-7-8-17(27-16)12-3-1-5-14(9-12)20-19(28)21-18(24)13-4-2-6-15(10-13)22(25)26/h1-10,23H,11H2,(H2,20,21,24,28). The smallest absolute Gasteiger partial charge is 0.270 e. The first-order chi connectivity index (χ1) is 13.5. The van der Waals surface area contributed by atoms with Gasteiger partial charge in [-0.2, -0.15) is 0 Å². The van der Waals surface area contributed by atoms with E-state index < -0.39 is 10.8 Å². The highest BCUT2D eigenvalue weighted by Crippen LogP contribution is 2.25. The average Bonchev–Trinajstić information content (AvgIpc) is 3.17. The van der Waals surface area contributed by atoms with Crippen molar-refractivity contribution in [2.45, 2.75) is 6.61 Å². The summed E-state index contributed by atoms with van der Waals surface area (Å²) in [5.74, 6) is 0.475. The van der Waals surface area contributed by atoms with Gasteiger partial charge in [0, 0.05) is 28.9 Å². The minimum Gasteiger partial charge on any atom is -0.459 e. The number of carbonyl (C=O) groups excluding carboxylic acids is 1. The Morgan fingerprint density at radius 2 is 1.93 bits per heavy atom. The highest BCUT2D eigenvalue weighted by molar-refractivity contribution is 7.80. The van der Waals surface area contributed by atoms with Gasteiger partial charge in [-0.3, -0.25) is 20.2 Å². The van der Waals surface area contributed by atoms with Gasteiger partial charge in [-0.05, 0) is 42.5 Å². The molecule has 142 valence electrons. The number of rotatable bonds is 5. The molecule has 8 nitrogen and oxygen atoms in total. The Morgan fingerprint density at radius 3 is 2.64 bits per heavy atom. The van der Waals surface area contributed by atoms with Gasteiger partial charge in [-0.15, -0.1) is 0 Å². The summed E-state index contributed by atoms with van der Waals surface area (Å²) in [6.45, 7) is -0.189. The first kappa shape index (κ1) is 19.2. The summed E-state index contributed by atoms with van der Waals surface area (Å²) < 4.78 is 5.50. The fraction of sp³-hybridized carbons (Fsp3) is 0.0526. The molecule has 0 bridgehead atoms. The number of anilines is 1. The maximum atomic E-state index is 12.2. The van der Waals surface area contributed by atoms with Crippen LogP contribution in [0.25, 0.3) is 11.3 Å². The normalized spacial score (nSPS) is 10.3. The molecule has 0 fully saturated rings. The number of non-ortho nitro benzene ring substituents is 1. The van der Waals surface area contributed by atoms with Crippen LogP contribution in [0.2, 0.25) is 0 Å². The van der Waals surface area contributed by atoms with Crippen LogP contribution < -0.4 is 10.6 Å². The Morgan fingerprint density at radius 1 is 1.14 bits per heavy atom. The van der Waals surface area contributed by atoms with Crippen LogP contribution in [0.3, 0.4) is 0 Å². The second kappa shape index (κ2) is 8.42. The summed E-state index contributed by atoms with van der Waals surface area (Å²) in [6, 6.07) is 15.9. The zero-order valence-electron chi connectivity index (χ0n) is 14.4. The number of amides is 1. The van der Waals surface area contributed by atoms with E-state index in [-0.39, 0.29) is 23.0 Å². The summed E-state index contributed by atoms with van der Waals surface area (Å²) in [5.41, 5.74) is 1.32. The number of nitrogens with one attached hydrogen (secondary N) is 2. The van der Waals surface area contributed by atoms with Crippen molar-refractivity contribution in [3.05, 3.63) is 82.1 Å². The van der Waals surface area contributed by atoms with Crippen molar-refractivity contribution in [3.8, 4) is 11.3 Å². The lowest BCUT2D eigenvalue weighted by Gasteiger charge is -2.10. The van der Waals surface area contributed by atoms with E-state index in [4.69, 9.17) is 21.7 Å². The van der Waals surface area contributed by atoms with Crippen LogP contribution in [0.5, 0.6) is 0 Å².